The van der Waals surface area contributed by atoms with Crippen LogP contribution < -0.4 is 5.32 Å². The van der Waals surface area contributed by atoms with Crippen molar-refractivity contribution in [2.24, 2.45) is 17.8 Å². The Morgan fingerprint density at radius 1 is 1.22 bits per heavy atom. The third-order valence-electron chi connectivity index (χ3n) is 4.81. The first-order chi connectivity index (χ1) is 8.72. The number of amides is 2. The van der Waals surface area contributed by atoms with Crippen molar-refractivity contribution >= 4 is 11.8 Å². The first kappa shape index (κ1) is 12.2. The highest BCUT2D eigenvalue weighted by Gasteiger charge is 2.58. The fourth-order valence-electron chi connectivity index (χ4n) is 3.68. The van der Waals surface area contributed by atoms with Crippen molar-refractivity contribution in [3.05, 3.63) is 0 Å². The minimum Gasteiger partial charge on any atom is -0.314 e. The summed E-state index contributed by atoms with van der Waals surface area (Å²) < 4.78 is 0. The molecule has 3 rings (SSSR count). The maximum atomic E-state index is 11.9. The van der Waals surface area contributed by atoms with Crippen molar-refractivity contribution in [1.82, 2.24) is 10.2 Å². The Morgan fingerprint density at radius 3 is 2.61 bits per heavy atom. The molecular weight excluding hydrogens is 228 g/mol. The molecule has 2 aliphatic carbocycles. The minimum atomic E-state index is 0.0608. The number of hydrogen-bond acceptors (Lipinski definition) is 3. The number of carbonyl (C=O) groups is 2. The van der Waals surface area contributed by atoms with E-state index in [4.69, 9.17) is 0 Å². The molecular formula is C14H22N2O2. The molecule has 1 saturated heterocycles. The predicted molar refractivity (Wildman–Crippen MR) is 67.7 cm³/mol. The van der Waals surface area contributed by atoms with Crippen LogP contribution in [0.25, 0.3) is 0 Å². The summed E-state index contributed by atoms with van der Waals surface area (Å²) in [6.07, 6.45) is 5.55. The summed E-state index contributed by atoms with van der Waals surface area (Å²) in [5.74, 6) is 0.963. The van der Waals surface area contributed by atoms with Crippen LogP contribution >= 0.6 is 0 Å². The smallest absolute Gasteiger partial charge is 0.233 e. The molecule has 4 atom stereocenters. The SMILES string of the molecule is CCNC1CCCC1CCN1C(=O)C2CC2C1=O. The van der Waals surface area contributed by atoms with Gasteiger partial charge < -0.3 is 5.32 Å². The van der Waals surface area contributed by atoms with Gasteiger partial charge in [-0.3, -0.25) is 14.5 Å². The Morgan fingerprint density at radius 2 is 1.94 bits per heavy atom. The van der Waals surface area contributed by atoms with Gasteiger partial charge in [-0.15, -0.1) is 0 Å². The van der Waals surface area contributed by atoms with Crippen LogP contribution in [0.5, 0.6) is 0 Å². The quantitative estimate of drug-likeness (QED) is 0.745. The first-order valence-electron chi connectivity index (χ1n) is 7.31. The molecule has 1 heterocycles. The van der Waals surface area contributed by atoms with Gasteiger partial charge in [0.05, 0.1) is 11.8 Å². The van der Waals surface area contributed by atoms with E-state index in [0.29, 0.717) is 18.5 Å². The zero-order valence-corrected chi connectivity index (χ0v) is 11.0. The van der Waals surface area contributed by atoms with E-state index in [2.05, 4.69) is 12.2 Å². The average Bonchev–Trinajstić information content (AvgIpc) is 2.98. The zero-order valence-electron chi connectivity index (χ0n) is 11.0. The van der Waals surface area contributed by atoms with E-state index in [-0.39, 0.29) is 23.7 Å². The highest BCUT2D eigenvalue weighted by molar-refractivity contribution is 6.08. The van der Waals surface area contributed by atoms with Crippen molar-refractivity contribution in [3.63, 3.8) is 0 Å². The van der Waals surface area contributed by atoms with Crippen LogP contribution in [-0.4, -0.2) is 35.8 Å². The van der Waals surface area contributed by atoms with Gasteiger partial charge in [0.1, 0.15) is 0 Å². The number of nitrogens with one attached hydrogen (secondary N) is 1. The normalized spacial score (nSPS) is 38.4. The molecule has 3 fully saturated rings. The van der Waals surface area contributed by atoms with E-state index >= 15 is 0 Å². The number of carbonyl (C=O) groups excluding carboxylic acids is 2. The van der Waals surface area contributed by atoms with Crippen molar-refractivity contribution < 1.29 is 9.59 Å². The van der Waals surface area contributed by atoms with Gasteiger partial charge in [0, 0.05) is 12.6 Å². The zero-order chi connectivity index (χ0) is 12.7. The maximum Gasteiger partial charge on any atom is 0.233 e. The molecule has 0 bridgehead atoms. The Balaban J connectivity index is 1.52. The molecule has 4 unspecified atom stereocenters. The summed E-state index contributed by atoms with van der Waals surface area (Å²) in [5.41, 5.74) is 0. The second-order valence-electron chi connectivity index (χ2n) is 5.92. The summed E-state index contributed by atoms with van der Waals surface area (Å²) >= 11 is 0. The summed E-state index contributed by atoms with van der Waals surface area (Å²) in [6, 6.07) is 0.595. The summed E-state index contributed by atoms with van der Waals surface area (Å²) in [4.78, 5) is 25.2. The molecule has 0 aromatic rings. The summed E-state index contributed by atoms with van der Waals surface area (Å²) in [5, 5.41) is 3.52. The van der Waals surface area contributed by atoms with E-state index in [1.807, 2.05) is 0 Å². The van der Waals surface area contributed by atoms with Crippen LogP contribution in [0.15, 0.2) is 0 Å². The van der Waals surface area contributed by atoms with Crippen LogP contribution in [0, 0.1) is 17.8 Å². The standard InChI is InChI=1S/C14H22N2O2/c1-2-15-12-5-3-4-9(12)6-7-16-13(17)10-8-11(10)14(16)18/h9-12,15H,2-8H2,1H3. The maximum absolute atomic E-state index is 11.9. The molecule has 1 aliphatic heterocycles. The number of likely N-dealkylation sites (tertiary alicyclic amines) is 1. The fraction of sp³-hybridized carbons (Fsp3) is 0.857. The van der Waals surface area contributed by atoms with Gasteiger partial charge in [0.25, 0.3) is 0 Å². The number of piperidine rings is 1. The molecule has 2 saturated carbocycles. The molecule has 100 valence electrons. The molecule has 18 heavy (non-hydrogen) atoms. The lowest BCUT2D eigenvalue weighted by Gasteiger charge is -2.23. The molecule has 0 aromatic heterocycles. The van der Waals surface area contributed by atoms with E-state index in [1.54, 1.807) is 0 Å². The Hall–Kier alpha value is -0.900. The number of fused-ring (bicyclic) bond motifs is 1. The van der Waals surface area contributed by atoms with Gasteiger partial charge in [0.15, 0.2) is 0 Å². The molecule has 2 amide bonds. The molecule has 3 aliphatic rings. The van der Waals surface area contributed by atoms with E-state index in [0.717, 1.165) is 19.4 Å². The van der Waals surface area contributed by atoms with E-state index < -0.39 is 0 Å². The summed E-state index contributed by atoms with van der Waals surface area (Å²) in [6.45, 7) is 3.79. The first-order valence-corrected chi connectivity index (χ1v) is 7.31. The monoisotopic (exact) mass is 250 g/mol. The third-order valence-corrected chi connectivity index (χ3v) is 4.81. The highest BCUT2D eigenvalue weighted by Crippen LogP contribution is 2.47. The Bertz CT molecular complexity index is 349. The number of imide groups is 1. The van der Waals surface area contributed by atoms with Crippen LogP contribution in [0.3, 0.4) is 0 Å². The van der Waals surface area contributed by atoms with Gasteiger partial charge in [0.2, 0.25) is 11.8 Å². The Kier molecular flexibility index (Phi) is 3.14. The second-order valence-corrected chi connectivity index (χ2v) is 5.92. The van der Waals surface area contributed by atoms with Crippen molar-refractivity contribution in [1.29, 1.82) is 0 Å². The van der Waals surface area contributed by atoms with Gasteiger partial charge >= 0.3 is 0 Å². The van der Waals surface area contributed by atoms with E-state index in [9.17, 15) is 9.59 Å². The lowest BCUT2D eigenvalue weighted by atomic mass is 9.99. The van der Waals surface area contributed by atoms with E-state index in [1.165, 1.54) is 24.2 Å². The molecule has 0 radical (unpaired) electrons. The second kappa shape index (κ2) is 4.65. The van der Waals surface area contributed by atoms with Gasteiger partial charge in [-0.05, 0) is 38.1 Å². The van der Waals surface area contributed by atoms with Gasteiger partial charge in [-0.25, -0.2) is 0 Å². The van der Waals surface area contributed by atoms with Gasteiger partial charge in [-0.2, -0.15) is 0 Å². The molecule has 0 aromatic carbocycles. The molecule has 4 heteroatoms. The van der Waals surface area contributed by atoms with Crippen LogP contribution in [0.2, 0.25) is 0 Å². The average molecular weight is 250 g/mol. The van der Waals surface area contributed by atoms with Crippen LogP contribution in [0.1, 0.15) is 39.0 Å². The van der Waals surface area contributed by atoms with Crippen LogP contribution in [0.4, 0.5) is 0 Å². The van der Waals surface area contributed by atoms with Crippen molar-refractivity contribution in [3.8, 4) is 0 Å². The molecule has 1 N–H and O–H groups in total. The lowest BCUT2D eigenvalue weighted by Crippen LogP contribution is -2.37. The number of hydrogen-bond donors (Lipinski definition) is 1. The number of nitrogens with zero attached hydrogens (tertiary/aromatic N) is 1. The number of rotatable bonds is 5. The lowest BCUT2D eigenvalue weighted by molar-refractivity contribution is -0.141. The summed E-state index contributed by atoms with van der Waals surface area (Å²) in [7, 11) is 0. The predicted octanol–water partition coefficient (Wildman–Crippen LogP) is 1.16. The topological polar surface area (TPSA) is 49.4 Å². The highest BCUT2D eigenvalue weighted by atomic mass is 16.2. The minimum absolute atomic E-state index is 0.0608. The van der Waals surface area contributed by atoms with Gasteiger partial charge in [-0.1, -0.05) is 13.3 Å². The van der Waals surface area contributed by atoms with Crippen molar-refractivity contribution in [2.45, 2.75) is 45.1 Å². The molecule has 0 spiro atoms. The van der Waals surface area contributed by atoms with Crippen LogP contribution in [-0.2, 0) is 9.59 Å². The third kappa shape index (κ3) is 1.96. The molecule has 4 nitrogen and oxygen atoms in total. The van der Waals surface area contributed by atoms with Crippen molar-refractivity contribution in [2.75, 3.05) is 13.1 Å². The Labute approximate surface area is 108 Å². The fourth-order valence-corrected chi connectivity index (χ4v) is 3.68. The largest absolute Gasteiger partial charge is 0.314 e.